The zero-order chi connectivity index (χ0) is 12.4. The molecule has 3 rings (SSSR count). The standard InChI is InChI=1S/C15H28N2O/c16-17-14(5-6-15-2-1-7-18-15)10-13-9-11-3-4-12(13)8-11/h11-15,17H,1-10,16H2. The largest absolute Gasteiger partial charge is 0.378 e. The van der Waals surface area contributed by atoms with Crippen molar-refractivity contribution in [3.05, 3.63) is 0 Å². The molecule has 3 nitrogen and oxygen atoms in total. The predicted octanol–water partition coefficient (Wildman–Crippen LogP) is 2.60. The second kappa shape index (κ2) is 5.89. The van der Waals surface area contributed by atoms with E-state index in [2.05, 4.69) is 5.43 Å². The SMILES string of the molecule is NNC(CCC1CCCO1)CC1CC2CCC1C2. The average Bonchev–Trinajstić information content (AvgIpc) is 3.10. The third-order valence-corrected chi connectivity index (χ3v) is 5.57. The van der Waals surface area contributed by atoms with E-state index in [4.69, 9.17) is 10.6 Å². The van der Waals surface area contributed by atoms with E-state index in [9.17, 15) is 0 Å². The summed E-state index contributed by atoms with van der Waals surface area (Å²) in [5, 5.41) is 0. The highest BCUT2D eigenvalue weighted by molar-refractivity contribution is 4.91. The molecule has 104 valence electrons. The molecule has 3 aliphatic rings. The van der Waals surface area contributed by atoms with Crippen LogP contribution in [0.4, 0.5) is 0 Å². The van der Waals surface area contributed by atoms with Crippen molar-refractivity contribution in [2.75, 3.05) is 6.61 Å². The van der Waals surface area contributed by atoms with E-state index in [1.807, 2.05) is 0 Å². The molecule has 0 amide bonds. The van der Waals surface area contributed by atoms with Crippen molar-refractivity contribution in [2.24, 2.45) is 23.6 Å². The highest BCUT2D eigenvalue weighted by Gasteiger charge is 2.39. The summed E-state index contributed by atoms with van der Waals surface area (Å²) < 4.78 is 5.70. The quantitative estimate of drug-likeness (QED) is 0.564. The molecule has 1 heterocycles. The number of rotatable bonds is 6. The molecule has 0 aromatic heterocycles. The van der Waals surface area contributed by atoms with Gasteiger partial charge >= 0.3 is 0 Å². The Bertz CT molecular complexity index is 265. The summed E-state index contributed by atoms with van der Waals surface area (Å²) in [4.78, 5) is 0. The summed E-state index contributed by atoms with van der Waals surface area (Å²) in [6, 6.07) is 0.513. The van der Waals surface area contributed by atoms with Gasteiger partial charge in [-0.1, -0.05) is 6.42 Å². The van der Waals surface area contributed by atoms with Crippen LogP contribution in [-0.4, -0.2) is 18.8 Å². The Morgan fingerprint density at radius 3 is 2.78 bits per heavy atom. The van der Waals surface area contributed by atoms with Crippen molar-refractivity contribution in [3.8, 4) is 0 Å². The summed E-state index contributed by atoms with van der Waals surface area (Å²) >= 11 is 0. The van der Waals surface area contributed by atoms with E-state index >= 15 is 0 Å². The first kappa shape index (κ1) is 12.9. The van der Waals surface area contributed by atoms with Gasteiger partial charge in [-0.2, -0.15) is 0 Å². The Morgan fingerprint density at radius 2 is 2.17 bits per heavy atom. The zero-order valence-electron chi connectivity index (χ0n) is 11.4. The molecule has 1 saturated heterocycles. The lowest BCUT2D eigenvalue weighted by atomic mass is 9.83. The van der Waals surface area contributed by atoms with Gasteiger partial charge in [-0.3, -0.25) is 11.3 Å². The maximum Gasteiger partial charge on any atom is 0.0576 e. The maximum absolute atomic E-state index is 5.74. The smallest absolute Gasteiger partial charge is 0.0576 e. The van der Waals surface area contributed by atoms with E-state index < -0.39 is 0 Å². The van der Waals surface area contributed by atoms with Gasteiger partial charge in [0.1, 0.15) is 0 Å². The normalized spacial score (nSPS) is 40.5. The molecule has 0 spiro atoms. The third kappa shape index (κ3) is 2.89. The van der Waals surface area contributed by atoms with Gasteiger partial charge < -0.3 is 4.74 Å². The molecule has 3 heteroatoms. The number of nitrogens with one attached hydrogen (secondary N) is 1. The van der Waals surface area contributed by atoms with Gasteiger partial charge in [0.2, 0.25) is 0 Å². The highest BCUT2D eigenvalue weighted by atomic mass is 16.5. The summed E-state index contributed by atoms with van der Waals surface area (Å²) in [6.07, 6.45) is 12.7. The van der Waals surface area contributed by atoms with Crippen LogP contribution in [0, 0.1) is 17.8 Å². The second-order valence-electron chi connectivity index (χ2n) is 6.75. The first-order valence-electron chi connectivity index (χ1n) is 7.93. The van der Waals surface area contributed by atoms with E-state index in [1.54, 1.807) is 0 Å². The lowest BCUT2D eigenvalue weighted by Crippen LogP contribution is -2.38. The fourth-order valence-electron chi connectivity index (χ4n) is 4.56. The van der Waals surface area contributed by atoms with Crippen molar-refractivity contribution >= 4 is 0 Å². The Kier molecular flexibility index (Phi) is 4.22. The number of ether oxygens (including phenoxy) is 1. The maximum atomic E-state index is 5.74. The summed E-state index contributed by atoms with van der Waals surface area (Å²) in [6.45, 7) is 0.970. The summed E-state index contributed by atoms with van der Waals surface area (Å²) in [7, 11) is 0. The number of hydrogen-bond acceptors (Lipinski definition) is 3. The van der Waals surface area contributed by atoms with Crippen LogP contribution < -0.4 is 11.3 Å². The number of hydrogen-bond donors (Lipinski definition) is 2. The molecule has 3 fully saturated rings. The number of fused-ring (bicyclic) bond motifs is 2. The summed E-state index contributed by atoms with van der Waals surface area (Å²) in [5.74, 6) is 8.77. The van der Waals surface area contributed by atoms with Crippen molar-refractivity contribution in [1.82, 2.24) is 5.43 Å². The van der Waals surface area contributed by atoms with E-state index in [1.165, 1.54) is 57.8 Å². The van der Waals surface area contributed by atoms with E-state index in [-0.39, 0.29) is 0 Å². The number of nitrogens with two attached hydrogens (primary N) is 1. The minimum atomic E-state index is 0.513. The van der Waals surface area contributed by atoms with Gasteiger partial charge in [-0.25, -0.2) is 0 Å². The zero-order valence-corrected chi connectivity index (χ0v) is 11.4. The van der Waals surface area contributed by atoms with Crippen molar-refractivity contribution in [2.45, 2.75) is 69.9 Å². The monoisotopic (exact) mass is 252 g/mol. The first-order chi connectivity index (χ1) is 8.85. The average molecular weight is 252 g/mol. The van der Waals surface area contributed by atoms with Crippen LogP contribution in [0.25, 0.3) is 0 Å². The predicted molar refractivity (Wildman–Crippen MR) is 72.9 cm³/mol. The van der Waals surface area contributed by atoms with Gasteiger partial charge in [0.25, 0.3) is 0 Å². The van der Waals surface area contributed by atoms with Gasteiger partial charge in [0, 0.05) is 12.6 Å². The van der Waals surface area contributed by atoms with Crippen molar-refractivity contribution in [3.63, 3.8) is 0 Å². The van der Waals surface area contributed by atoms with Crippen LogP contribution in [-0.2, 0) is 4.74 Å². The summed E-state index contributed by atoms with van der Waals surface area (Å²) in [5.41, 5.74) is 3.06. The van der Waals surface area contributed by atoms with Gasteiger partial charge in [-0.15, -0.1) is 0 Å². The Morgan fingerprint density at radius 1 is 1.22 bits per heavy atom. The molecule has 0 aromatic rings. The third-order valence-electron chi connectivity index (χ3n) is 5.57. The molecule has 18 heavy (non-hydrogen) atoms. The Balaban J connectivity index is 1.41. The van der Waals surface area contributed by atoms with Crippen LogP contribution in [0.15, 0.2) is 0 Å². The van der Waals surface area contributed by atoms with Gasteiger partial charge in [0.15, 0.2) is 0 Å². The highest BCUT2D eigenvalue weighted by Crippen LogP contribution is 2.50. The molecule has 2 aliphatic carbocycles. The van der Waals surface area contributed by atoms with Gasteiger partial charge in [0.05, 0.1) is 6.10 Å². The lowest BCUT2D eigenvalue weighted by molar-refractivity contribution is 0.0979. The molecule has 0 aromatic carbocycles. The molecule has 0 radical (unpaired) electrons. The van der Waals surface area contributed by atoms with Crippen LogP contribution in [0.5, 0.6) is 0 Å². The first-order valence-corrected chi connectivity index (χ1v) is 7.93. The molecular weight excluding hydrogens is 224 g/mol. The molecular formula is C15H28N2O. The lowest BCUT2D eigenvalue weighted by Gasteiger charge is -2.26. The van der Waals surface area contributed by atoms with Gasteiger partial charge in [-0.05, 0) is 69.1 Å². The molecule has 2 bridgehead atoms. The topological polar surface area (TPSA) is 47.3 Å². The van der Waals surface area contributed by atoms with E-state index in [0.717, 1.165) is 24.4 Å². The van der Waals surface area contributed by atoms with Crippen molar-refractivity contribution < 1.29 is 4.74 Å². The van der Waals surface area contributed by atoms with Crippen LogP contribution in [0.2, 0.25) is 0 Å². The fourth-order valence-corrected chi connectivity index (χ4v) is 4.56. The minimum Gasteiger partial charge on any atom is -0.378 e. The minimum absolute atomic E-state index is 0.513. The van der Waals surface area contributed by atoms with Crippen molar-refractivity contribution in [1.29, 1.82) is 0 Å². The molecule has 1 aliphatic heterocycles. The fraction of sp³-hybridized carbons (Fsp3) is 1.00. The molecule has 5 atom stereocenters. The van der Waals surface area contributed by atoms with Crippen LogP contribution >= 0.6 is 0 Å². The van der Waals surface area contributed by atoms with Crippen LogP contribution in [0.1, 0.15) is 57.8 Å². The molecule has 3 N–H and O–H groups in total. The van der Waals surface area contributed by atoms with E-state index in [0.29, 0.717) is 12.1 Å². The molecule has 5 unspecified atom stereocenters. The molecule has 2 saturated carbocycles. The Hall–Kier alpha value is -0.120. The second-order valence-corrected chi connectivity index (χ2v) is 6.75. The Labute approximate surface area is 111 Å². The number of hydrazine groups is 1. The van der Waals surface area contributed by atoms with Crippen LogP contribution in [0.3, 0.4) is 0 Å².